The molecule has 0 aromatic carbocycles. The number of carbonyl (C=O) groups is 2. The second kappa shape index (κ2) is 7.72. The summed E-state index contributed by atoms with van der Waals surface area (Å²) in [4.78, 5) is 23.5. The summed E-state index contributed by atoms with van der Waals surface area (Å²) < 4.78 is 1.41. The number of imide groups is 1. The molecule has 0 unspecified atom stereocenters. The van der Waals surface area contributed by atoms with E-state index in [1.807, 2.05) is 0 Å². The van der Waals surface area contributed by atoms with Crippen molar-refractivity contribution < 1.29 is 9.59 Å². The Morgan fingerprint density at radius 1 is 1.33 bits per heavy atom. The number of rotatable bonds is 5. The standard InChI is InChI=1S/C13H22N6O2/c1-14-7-11-8-19(18-17-11)9-12(20)16-13(21)15-10-5-3-2-4-6-10/h8,10,14H,2-7,9H2,1H3,(H2,15,16,20,21). The molecular weight excluding hydrogens is 272 g/mol. The summed E-state index contributed by atoms with van der Waals surface area (Å²) >= 11 is 0. The topological polar surface area (TPSA) is 101 Å². The van der Waals surface area contributed by atoms with E-state index in [2.05, 4.69) is 26.3 Å². The minimum atomic E-state index is -0.428. The number of amides is 3. The van der Waals surface area contributed by atoms with Gasteiger partial charge in [0.15, 0.2) is 0 Å². The van der Waals surface area contributed by atoms with Gasteiger partial charge in [-0.2, -0.15) is 0 Å². The summed E-state index contributed by atoms with van der Waals surface area (Å²) in [6, 6.07) is -0.248. The lowest BCUT2D eigenvalue weighted by molar-refractivity contribution is -0.120. The lowest BCUT2D eigenvalue weighted by atomic mass is 9.96. The van der Waals surface area contributed by atoms with Gasteiger partial charge in [-0.3, -0.25) is 10.1 Å². The normalized spacial score (nSPS) is 15.7. The first-order valence-electron chi connectivity index (χ1n) is 7.31. The summed E-state index contributed by atoms with van der Waals surface area (Å²) in [6.07, 6.45) is 7.13. The molecule has 3 amide bonds. The SMILES string of the molecule is CNCc1cn(CC(=O)NC(=O)NC2CCCCC2)nn1. The van der Waals surface area contributed by atoms with Crippen molar-refractivity contribution in [1.29, 1.82) is 0 Å². The maximum Gasteiger partial charge on any atom is 0.321 e. The summed E-state index contributed by atoms with van der Waals surface area (Å²) in [6.45, 7) is 0.568. The number of hydrogen-bond donors (Lipinski definition) is 3. The van der Waals surface area contributed by atoms with Gasteiger partial charge in [0.2, 0.25) is 5.91 Å². The lowest BCUT2D eigenvalue weighted by Gasteiger charge is -2.22. The van der Waals surface area contributed by atoms with E-state index in [-0.39, 0.29) is 12.6 Å². The highest BCUT2D eigenvalue weighted by Crippen LogP contribution is 2.17. The maximum absolute atomic E-state index is 11.8. The minimum absolute atomic E-state index is 0.0190. The molecule has 0 spiro atoms. The summed E-state index contributed by atoms with van der Waals surface area (Å²) in [5.74, 6) is -0.399. The first kappa shape index (κ1) is 15.4. The summed E-state index contributed by atoms with van der Waals surface area (Å²) in [7, 11) is 1.81. The van der Waals surface area contributed by atoms with Crippen molar-refractivity contribution in [3.63, 3.8) is 0 Å². The first-order chi connectivity index (χ1) is 10.2. The molecule has 0 radical (unpaired) electrons. The zero-order valence-corrected chi connectivity index (χ0v) is 12.3. The van der Waals surface area contributed by atoms with E-state index < -0.39 is 11.9 Å². The van der Waals surface area contributed by atoms with E-state index in [1.165, 1.54) is 11.1 Å². The predicted molar refractivity (Wildman–Crippen MR) is 76.3 cm³/mol. The number of nitrogens with one attached hydrogen (secondary N) is 3. The van der Waals surface area contributed by atoms with Crippen molar-refractivity contribution in [2.45, 2.75) is 51.2 Å². The average Bonchev–Trinajstić information content (AvgIpc) is 2.87. The van der Waals surface area contributed by atoms with Crippen LogP contribution in [0.2, 0.25) is 0 Å². The zero-order valence-electron chi connectivity index (χ0n) is 12.3. The van der Waals surface area contributed by atoms with Crippen molar-refractivity contribution in [3.05, 3.63) is 11.9 Å². The smallest absolute Gasteiger partial charge is 0.321 e. The Morgan fingerprint density at radius 2 is 2.10 bits per heavy atom. The third kappa shape index (κ3) is 5.14. The number of urea groups is 1. The molecule has 3 N–H and O–H groups in total. The second-order valence-electron chi connectivity index (χ2n) is 5.29. The van der Waals surface area contributed by atoms with E-state index in [0.29, 0.717) is 6.54 Å². The van der Waals surface area contributed by atoms with Crippen molar-refractivity contribution in [3.8, 4) is 0 Å². The molecule has 0 bridgehead atoms. The largest absolute Gasteiger partial charge is 0.335 e. The first-order valence-corrected chi connectivity index (χ1v) is 7.31. The molecular formula is C13H22N6O2. The highest BCUT2D eigenvalue weighted by molar-refractivity contribution is 5.94. The Bertz CT molecular complexity index is 481. The molecule has 1 fully saturated rings. The molecule has 0 atom stereocenters. The fraction of sp³-hybridized carbons (Fsp3) is 0.692. The van der Waals surface area contributed by atoms with Crippen molar-refractivity contribution >= 4 is 11.9 Å². The molecule has 0 saturated heterocycles. The molecule has 1 heterocycles. The van der Waals surface area contributed by atoms with Gasteiger partial charge in [0.05, 0.1) is 11.9 Å². The molecule has 8 nitrogen and oxygen atoms in total. The number of carbonyl (C=O) groups excluding carboxylic acids is 2. The van der Waals surface area contributed by atoms with E-state index in [0.717, 1.165) is 31.4 Å². The average molecular weight is 294 g/mol. The molecule has 1 aromatic rings. The van der Waals surface area contributed by atoms with Gasteiger partial charge in [-0.1, -0.05) is 24.5 Å². The van der Waals surface area contributed by atoms with Crippen LogP contribution < -0.4 is 16.0 Å². The van der Waals surface area contributed by atoms with Gasteiger partial charge in [0.1, 0.15) is 6.54 Å². The van der Waals surface area contributed by atoms with Crippen LogP contribution in [0.5, 0.6) is 0 Å². The quantitative estimate of drug-likeness (QED) is 0.718. The fourth-order valence-corrected chi connectivity index (χ4v) is 2.46. The number of nitrogens with zero attached hydrogens (tertiary/aromatic N) is 3. The Balaban J connectivity index is 1.73. The second-order valence-corrected chi connectivity index (χ2v) is 5.29. The van der Waals surface area contributed by atoms with E-state index >= 15 is 0 Å². The number of aromatic nitrogens is 3. The lowest BCUT2D eigenvalue weighted by Crippen LogP contribution is -2.46. The number of hydrogen-bond acceptors (Lipinski definition) is 5. The molecule has 116 valence electrons. The molecule has 1 aliphatic carbocycles. The highest BCUT2D eigenvalue weighted by atomic mass is 16.2. The fourth-order valence-electron chi connectivity index (χ4n) is 2.46. The predicted octanol–water partition coefficient (Wildman–Crippen LogP) is 0.156. The van der Waals surface area contributed by atoms with Gasteiger partial charge in [0, 0.05) is 12.6 Å². The van der Waals surface area contributed by atoms with E-state index in [1.54, 1.807) is 13.2 Å². The van der Waals surface area contributed by atoms with Crippen LogP contribution in [0.15, 0.2) is 6.20 Å². The van der Waals surface area contributed by atoms with Crippen LogP contribution in [0.3, 0.4) is 0 Å². The molecule has 8 heteroatoms. The Labute approximate surface area is 123 Å². The van der Waals surface area contributed by atoms with Crippen LogP contribution in [0.25, 0.3) is 0 Å². The van der Waals surface area contributed by atoms with Crippen molar-refractivity contribution in [2.75, 3.05) is 7.05 Å². The van der Waals surface area contributed by atoms with Crippen LogP contribution in [0, 0.1) is 0 Å². The third-order valence-electron chi connectivity index (χ3n) is 3.44. The molecule has 2 rings (SSSR count). The maximum atomic E-state index is 11.8. The van der Waals surface area contributed by atoms with Crippen molar-refractivity contribution in [1.82, 2.24) is 30.9 Å². The van der Waals surface area contributed by atoms with Crippen LogP contribution in [-0.2, 0) is 17.9 Å². The zero-order chi connectivity index (χ0) is 15.1. The summed E-state index contributed by atoms with van der Waals surface area (Å²) in [5, 5.41) is 15.8. The summed E-state index contributed by atoms with van der Waals surface area (Å²) in [5.41, 5.74) is 0.747. The highest BCUT2D eigenvalue weighted by Gasteiger charge is 2.17. The van der Waals surface area contributed by atoms with Crippen LogP contribution >= 0.6 is 0 Å². The monoisotopic (exact) mass is 294 g/mol. The molecule has 0 aliphatic heterocycles. The van der Waals surface area contributed by atoms with Gasteiger partial charge < -0.3 is 10.6 Å². The van der Waals surface area contributed by atoms with Crippen LogP contribution in [-0.4, -0.2) is 40.0 Å². The van der Waals surface area contributed by atoms with E-state index in [4.69, 9.17) is 0 Å². The Morgan fingerprint density at radius 3 is 2.81 bits per heavy atom. The van der Waals surface area contributed by atoms with Crippen LogP contribution in [0.1, 0.15) is 37.8 Å². The molecule has 1 aromatic heterocycles. The Hall–Kier alpha value is -1.96. The van der Waals surface area contributed by atoms with Gasteiger partial charge in [-0.05, 0) is 19.9 Å². The molecule has 1 aliphatic rings. The van der Waals surface area contributed by atoms with Gasteiger partial charge in [-0.25, -0.2) is 9.48 Å². The molecule has 1 saturated carbocycles. The van der Waals surface area contributed by atoms with Gasteiger partial charge in [0.25, 0.3) is 0 Å². The van der Waals surface area contributed by atoms with Gasteiger partial charge >= 0.3 is 6.03 Å². The van der Waals surface area contributed by atoms with Gasteiger partial charge in [-0.15, -0.1) is 5.10 Å². The van der Waals surface area contributed by atoms with E-state index in [9.17, 15) is 9.59 Å². The van der Waals surface area contributed by atoms with Crippen LogP contribution in [0.4, 0.5) is 4.79 Å². The molecule has 21 heavy (non-hydrogen) atoms. The third-order valence-corrected chi connectivity index (χ3v) is 3.44. The Kier molecular flexibility index (Phi) is 5.68. The minimum Gasteiger partial charge on any atom is -0.335 e. The van der Waals surface area contributed by atoms with Crippen molar-refractivity contribution in [2.24, 2.45) is 0 Å².